The number of nitro groups is 1. The van der Waals surface area contributed by atoms with Gasteiger partial charge in [-0.2, -0.15) is 0 Å². The van der Waals surface area contributed by atoms with Crippen molar-refractivity contribution in [3.63, 3.8) is 0 Å². The van der Waals surface area contributed by atoms with Gasteiger partial charge in [0.05, 0.1) is 4.92 Å². The molecule has 84 valence electrons. The highest BCUT2D eigenvalue weighted by molar-refractivity contribution is 6.14. The van der Waals surface area contributed by atoms with Gasteiger partial charge in [0, 0.05) is 17.1 Å². The minimum absolute atomic E-state index is 0.0470. The molecule has 0 amide bonds. The summed E-state index contributed by atoms with van der Waals surface area (Å²) in [5.41, 5.74) is 1.36. The van der Waals surface area contributed by atoms with Crippen LogP contribution in [0.4, 0.5) is 17.1 Å². The number of nitrogens with zero attached hydrogens (tertiary/aromatic N) is 2. The van der Waals surface area contributed by atoms with Crippen molar-refractivity contribution in [1.29, 1.82) is 0 Å². The van der Waals surface area contributed by atoms with E-state index in [1.54, 1.807) is 13.0 Å². The Morgan fingerprint density at radius 3 is 2.88 bits per heavy atom. The van der Waals surface area contributed by atoms with Crippen LogP contribution in [-0.2, 0) is 0 Å². The largest absolute Gasteiger partial charge is 0.343 e. The third kappa shape index (κ3) is 1.36. The van der Waals surface area contributed by atoms with Crippen molar-refractivity contribution < 1.29 is 4.92 Å². The third-order valence-electron chi connectivity index (χ3n) is 2.79. The van der Waals surface area contributed by atoms with Crippen molar-refractivity contribution >= 4 is 33.7 Å². The topological polar surface area (TPSA) is 67.5 Å². The molecule has 1 aliphatic rings. The zero-order chi connectivity index (χ0) is 12.0. The smallest absolute Gasteiger partial charge is 0.295 e. The van der Waals surface area contributed by atoms with E-state index in [1.807, 2.05) is 18.2 Å². The van der Waals surface area contributed by atoms with E-state index in [1.165, 1.54) is 6.07 Å². The average Bonchev–Trinajstić information content (AvgIpc) is 2.28. The van der Waals surface area contributed by atoms with Crippen molar-refractivity contribution in [1.82, 2.24) is 0 Å². The summed E-state index contributed by atoms with van der Waals surface area (Å²) >= 11 is 0. The van der Waals surface area contributed by atoms with Gasteiger partial charge in [-0.05, 0) is 24.4 Å². The Balaban J connectivity index is 2.48. The molecule has 5 nitrogen and oxygen atoms in total. The van der Waals surface area contributed by atoms with Gasteiger partial charge in [-0.3, -0.25) is 10.1 Å². The molecule has 0 spiro atoms. The predicted molar refractivity (Wildman–Crippen MR) is 67.0 cm³/mol. The number of rotatable bonds is 1. The second kappa shape index (κ2) is 3.28. The highest BCUT2D eigenvalue weighted by Gasteiger charge is 2.21. The fourth-order valence-corrected chi connectivity index (χ4v) is 2.10. The standard InChI is InChI=1S/C12H9N3O2/c1-7-13-9-4-2-3-8-5-6-10(15(16)17)12(14-7)11(8)9/h2-6H,1H3,(H,13,14). The van der Waals surface area contributed by atoms with Gasteiger partial charge in [-0.1, -0.05) is 12.1 Å². The first-order valence-corrected chi connectivity index (χ1v) is 5.19. The maximum Gasteiger partial charge on any atom is 0.295 e. The fraction of sp³-hybridized carbons (Fsp3) is 0.0833. The molecule has 0 unspecified atom stereocenters. The molecular formula is C12H9N3O2. The number of hydrogen-bond donors (Lipinski definition) is 1. The minimum Gasteiger partial charge on any atom is -0.343 e. The van der Waals surface area contributed by atoms with Crippen LogP contribution in [0.25, 0.3) is 10.8 Å². The monoisotopic (exact) mass is 227 g/mol. The van der Waals surface area contributed by atoms with Crippen LogP contribution in [-0.4, -0.2) is 10.8 Å². The fourth-order valence-electron chi connectivity index (χ4n) is 2.10. The third-order valence-corrected chi connectivity index (χ3v) is 2.79. The summed E-state index contributed by atoms with van der Waals surface area (Å²) in [7, 11) is 0. The highest BCUT2D eigenvalue weighted by atomic mass is 16.6. The van der Waals surface area contributed by atoms with Gasteiger partial charge < -0.3 is 5.32 Å². The van der Waals surface area contributed by atoms with Crippen molar-refractivity contribution in [2.75, 3.05) is 5.32 Å². The molecule has 0 aromatic heterocycles. The lowest BCUT2D eigenvalue weighted by molar-refractivity contribution is -0.383. The normalized spacial score (nSPS) is 13.1. The second-order valence-electron chi connectivity index (χ2n) is 3.92. The average molecular weight is 227 g/mol. The molecule has 17 heavy (non-hydrogen) atoms. The van der Waals surface area contributed by atoms with Crippen molar-refractivity contribution in [3.8, 4) is 0 Å². The Morgan fingerprint density at radius 1 is 1.29 bits per heavy atom. The molecule has 5 heteroatoms. The minimum atomic E-state index is -0.395. The molecule has 0 fully saturated rings. The van der Waals surface area contributed by atoms with Gasteiger partial charge in [0.25, 0.3) is 5.69 Å². The van der Waals surface area contributed by atoms with Crippen LogP contribution in [0.1, 0.15) is 6.92 Å². The Morgan fingerprint density at radius 2 is 2.12 bits per heavy atom. The Kier molecular flexibility index (Phi) is 1.89. The molecule has 2 aromatic rings. The number of nitro benzene ring substituents is 1. The van der Waals surface area contributed by atoms with E-state index in [0.717, 1.165) is 16.5 Å². The molecule has 3 rings (SSSR count). The van der Waals surface area contributed by atoms with Crippen molar-refractivity contribution in [3.05, 3.63) is 40.4 Å². The molecule has 1 N–H and O–H groups in total. The molecule has 1 heterocycles. The molecule has 0 saturated carbocycles. The van der Waals surface area contributed by atoms with Crippen LogP contribution in [0, 0.1) is 10.1 Å². The number of anilines is 1. The summed E-state index contributed by atoms with van der Waals surface area (Å²) in [5.74, 6) is 0.666. The highest BCUT2D eigenvalue weighted by Crippen LogP contribution is 2.41. The number of benzene rings is 2. The van der Waals surface area contributed by atoms with Gasteiger partial charge in [-0.25, -0.2) is 4.99 Å². The molecular weight excluding hydrogens is 218 g/mol. The number of hydrogen-bond acceptors (Lipinski definition) is 4. The molecule has 0 atom stereocenters. The van der Waals surface area contributed by atoms with Crippen LogP contribution >= 0.6 is 0 Å². The van der Waals surface area contributed by atoms with E-state index in [9.17, 15) is 10.1 Å². The SMILES string of the molecule is CC1=Nc2c([N+](=O)[O-])ccc3cccc(c23)N1. The molecule has 0 bridgehead atoms. The first kappa shape index (κ1) is 9.77. The number of amidine groups is 1. The maximum absolute atomic E-state index is 11.0. The maximum atomic E-state index is 11.0. The molecule has 0 saturated heterocycles. The molecule has 2 aromatic carbocycles. The van der Waals surface area contributed by atoms with Crippen LogP contribution in [0.2, 0.25) is 0 Å². The van der Waals surface area contributed by atoms with Crippen molar-refractivity contribution in [2.24, 2.45) is 4.99 Å². The lowest BCUT2D eigenvalue weighted by Crippen LogP contribution is -2.10. The molecule has 0 aliphatic carbocycles. The number of nitrogens with one attached hydrogen (secondary N) is 1. The quantitative estimate of drug-likeness (QED) is 0.600. The lowest BCUT2D eigenvalue weighted by atomic mass is 10.0. The van der Waals surface area contributed by atoms with E-state index < -0.39 is 4.92 Å². The van der Waals surface area contributed by atoms with E-state index in [2.05, 4.69) is 10.3 Å². The van der Waals surface area contributed by atoms with E-state index >= 15 is 0 Å². The van der Waals surface area contributed by atoms with Crippen LogP contribution in [0.3, 0.4) is 0 Å². The van der Waals surface area contributed by atoms with Crippen molar-refractivity contribution in [2.45, 2.75) is 6.92 Å². The van der Waals surface area contributed by atoms with E-state index in [4.69, 9.17) is 0 Å². The first-order valence-electron chi connectivity index (χ1n) is 5.19. The Labute approximate surface area is 96.9 Å². The summed E-state index contributed by atoms with van der Waals surface area (Å²) in [4.78, 5) is 14.8. The van der Waals surface area contributed by atoms with Crippen LogP contribution in [0.5, 0.6) is 0 Å². The zero-order valence-electron chi connectivity index (χ0n) is 9.10. The first-order chi connectivity index (χ1) is 8.16. The zero-order valence-corrected chi connectivity index (χ0v) is 9.10. The summed E-state index contributed by atoms with van der Waals surface area (Å²) in [6, 6.07) is 8.98. The molecule has 0 radical (unpaired) electrons. The van der Waals surface area contributed by atoms with Gasteiger partial charge in [0.1, 0.15) is 5.84 Å². The predicted octanol–water partition coefficient (Wildman–Crippen LogP) is 3.22. The van der Waals surface area contributed by atoms with Crippen LogP contribution in [0.15, 0.2) is 35.3 Å². The number of aliphatic imine (C=N–C) groups is 1. The van der Waals surface area contributed by atoms with Crippen LogP contribution < -0.4 is 5.32 Å². The van der Waals surface area contributed by atoms with E-state index in [-0.39, 0.29) is 5.69 Å². The summed E-state index contributed by atoms with van der Waals surface area (Å²) in [5, 5.41) is 15.9. The Bertz CT molecular complexity index is 677. The summed E-state index contributed by atoms with van der Waals surface area (Å²) in [6.45, 7) is 1.79. The molecule has 1 aliphatic heterocycles. The van der Waals surface area contributed by atoms with E-state index in [0.29, 0.717) is 11.5 Å². The summed E-state index contributed by atoms with van der Waals surface area (Å²) in [6.07, 6.45) is 0. The van der Waals surface area contributed by atoms with Gasteiger partial charge in [0.2, 0.25) is 0 Å². The van der Waals surface area contributed by atoms with Gasteiger partial charge in [0.15, 0.2) is 5.69 Å². The van der Waals surface area contributed by atoms with Gasteiger partial charge >= 0.3 is 0 Å². The Hall–Kier alpha value is -2.43. The second-order valence-corrected chi connectivity index (χ2v) is 3.92. The summed E-state index contributed by atoms with van der Waals surface area (Å²) < 4.78 is 0. The lowest BCUT2D eigenvalue weighted by Gasteiger charge is -2.16. The van der Waals surface area contributed by atoms with Gasteiger partial charge in [-0.15, -0.1) is 0 Å².